The van der Waals surface area contributed by atoms with Gasteiger partial charge in [0.1, 0.15) is 17.4 Å². The van der Waals surface area contributed by atoms with Crippen LogP contribution in [0.5, 0.6) is 11.6 Å². The minimum absolute atomic E-state index is 0.0513. The first-order valence-electron chi connectivity index (χ1n) is 13.4. The van der Waals surface area contributed by atoms with Gasteiger partial charge in [0.15, 0.2) is 0 Å². The van der Waals surface area contributed by atoms with E-state index in [0.717, 1.165) is 74.6 Å². The van der Waals surface area contributed by atoms with Crippen molar-refractivity contribution >= 4 is 17.1 Å². The number of nitro groups is 1. The van der Waals surface area contributed by atoms with Crippen molar-refractivity contribution in [2.45, 2.75) is 25.7 Å². The summed E-state index contributed by atoms with van der Waals surface area (Å²) in [5.74, 6) is 0.994. The maximum Gasteiger partial charge on any atom is 0.273 e. The van der Waals surface area contributed by atoms with E-state index >= 15 is 4.39 Å². The Balaban J connectivity index is 1.30. The lowest BCUT2D eigenvalue weighted by atomic mass is 10.1. The van der Waals surface area contributed by atoms with Crippen LogP contribution in [0.2, 0.25) is 0 Å². The number of benzene rings is 2. The lowest BCUT2D eigenvalue weighted by Gasteiger charge is -2.34. The number of fused-ring (bicyclic) bond motifs is 1. The number of likely N-dealkylation sites (tertiary alicyclic amines) is 1. The first kappa shape index (κ1) is 25.2. The lowest BCUT2D eigenvalue weighted by molar-refractivity contribution is -0.384. The van der Waals surface area contributed by atoms with Gasteiger partial charge in [-0.1, -0.05) is 18.2 Å². The van der Waals surface area contributed by atoms with E-state index in [1.165, 1.54) is 12.1 Å². The molecule has 2 saturated heterocycles. The van der Waals surface area contributed by atoms with Gasteiger partial charge in [0.2, 0.25) is 5.88 Å². The summed E-state index contributed by atoms with van der Waals surface area (Å²) >= 11 is 0. The maximum atomic E-state index is 15.2. The minimum Gasteiger partial charge on any atom is -0.438 e. The fourth-order valence-corrected chi connectivity index (χ4v) is 5.55. The van der Waals surface area contributed by atoms with Gasteiger partial charge in [-0.25, -0.2) is 9.37 Å². The van der Waals surface area contributed by atoms with E-state index in [-0.39, 0.29) is 11.5 Å². The standard InChI is InChI=1S/C29H31FN6O3/c1-33-13-15-35(16-14-33)25-9-7-20(17-23(25)30)18-27-31-24-8-10-26(34-11-2-3-12-34)28(24)29(32-27)39-22-6-4-5-21(19-22)36(37)38/h4-7,9-10,17,19H,2-3,8,11-16,18H2,1H3. The third-order valence-electron chi connectivity index (χ3n) is 7.65. The highest BCUT2D eigenvalue weighted by atomic mass is 19.1. The van der Waals surface area contributed by atoms with Gasteiger partial charge < -0.3 is 19.4 Å². The van der Waals surface area contributed by atoms with E-state index in [9.17, 15) is 10.1 Å². The largest absolute Gasteiger partial charge is 0.438 e. The SMILES string of the molecule is CN1CCN(c2ccc(Cc3nc4c(c(Oc5cccc([N+](=O)[O-])c5)n3)C(N3CCCC3)=CC4)cc2F)CC1. The van der Waals surface area contributed by atoms with E-state index in [4.69, 9.17) is 14.7 Å². The molecule has 1 aliphatic carbocycles. The van der Waals surface area contributed by atoms with Crippen molar-refractivity contribution in [2.75, 3.05) is 51.2 Å². The van der Waals surface area contributed by atoms with Crippen LogP contribution in [0, 0.1) is 15.9 Å². The molecule has 6 rings (SSSR count). The molecular formula is C29H31FN6O3. The molecule has 3 aliphatic rings. The number of non-ortho nitro benzene ring substituents is 1. The molecule has 39 heavy (non-hydrogen) atoms. The van der Waals surface area contributed by atoms with Crippen LogP contribution in [-0.4, -0.2) is 71.0 Å². The van der Waals surface area contributed by atoms with Crippen LogP contribution in [0.1, 0.15) is 35.5 Å². The zero-order chi connectivity index (χ0) is 26.9. The summed E-state index contributed by atoms with van der Waals surface area (Å²) in [7, 11) is 2.08. The number of ether oxygens (including phenoxy) is 1. The van der Waals surface area contributed by atoms with Gasteiger partial charge in [0.05, 0.1) is 27.9 Å². The Bertz CT molecular complexity index is 1430. The van der Waals surface area contributed by atoms with E-state index in [0.29, 0.717) is 36.0 Å². The molecular weight excluding hydrogens is 499 g/mol. The molecule has 0 N–H and O–H groups in total. The highest BCUT2D eigenvalue weighted by molar-refractivity contribution is 5.74. The van der Waals surface area contributed by atoms with Crippen LogP contribution in [0.4, 0.5) is 15.8 Å². The first-order valence-corrected chi connectivity index (χ1v) is 13.4. The van der Waals surface area contributed by atoms with Crippen LogP contribution in [0.3, 0.4) is 0 Å². The Morgan fingerprint density at radius 2 is 1.79 bits per heavy atom. The second kappa shape index (κ2) is 10.6. The number of likely N-dealkylation sites (N-methyl/N-ethyl adjacent to an activating group) is 1. The Labute approximate surface area is 226 Å². The summed E-state index contributed by atoms with van der Waals surface area (Å²) in [6.07, 6.45) is 5.40. The number of rotatable bonds is 7. The second-order valence-corrected chi connectivity index (χ2v) is 10.4. The summed E-state index contributed by atoms with van der Waals surface area (Å²) in [5, 5.41) is 11.3. The number of nitrogens with zero attached hydrogens (tertiary/aromatic N) is 6. The topological polar surface area (TPSA) is 87.9 Å². The van der Waals surface area contributed by atoms with Gasteiger partial charge in [-0.15, -0.1) is 0 Å². The highest BCUT2D eigenvalue weighted by Gasteiger charge is 2.29. The number of piperazine rings is 1. The second-order valence-electron chi connectivity index (χ2n) is 10.4. The Hall–Kier alpha value is -4.05. The van der Waals surface area contributed by atoms with Gasteiger partial charge in [0.25, 0.3) is 5.69 Å². The summed E-state index contributed by atoms with van der Waals surface area (Å²) in [6.45, 7) is 5.33. The van der Waals surface area contributed by atoms with E-state index < -0.39 is 4.92 Å². The van der Waals surface area contributed by atoms with E-state index in [2.05, 4.69) is 27.8 Å². The van der Waals surface area contributed by atoms with Crippen molar-refractivity contribution in [1.82, 2.24) is 19.8 Å². The number of allylic oxidation sites excluding steroid dienone is 1. The first-order chi connectivity index (χ1) is 18.9. The van der Waals surface area contributed by atoms with E-state index in [1.807, 2.05) is 12.1 Å². The van der Waals surface area contributed by atoms with Gasteiger partial charge in [-0.05, 0) is 43.7 Å². The monoisotopic (exact) mass is 530 g/mol. The molecule has 0 saturated carbocycles. The molecule has 0 atom stereocenters. The predicted octanol–water partition coefficient (Wildman–Crippen LogP) is 4.65. The molecule has 2 fully saturated rings. The van der Waals surface area contributed by atoms with Crippen molar-refractivity contribution in [2.24, 2.45) is 0 Å². The van der Waals surface area contributed by atoms with Crippen LogP contribution < -0.4 is 9.64 Å². The Morgan fingerprint density at radius 1 is 1.00 bits per heavy atom. The van der Waals surface area contributed by atoms with Crippen LogP contribution >= 0.6 is 0 Å². The van der Waals surface area contributed by atoms with Crippen molar-refractivity contribution in [3.05, 3.63) is 87.1 Å². The lowest BCUT2D eigenvalue weighted by Crippen LogP contribution is -2.44. The van der Waals surface area contributed by atoms with Gasteiger partial charge in [-0.2, -0.15) is 4.98 Å². The number of halogens is 1. The van der Waals surface area contributed by atoms with Gasteiger partial charge in [-0.3, -0.25) is 10.1 Å². The molecule has 2 aliphatic heterocycles. The average molecular weight is 531 g/mol. The molecule has 1 aromatic heterocycles. The van der Waals surface area contributed by atoms with Crippen LogP contribution in [-0.2, 0) is 12.8 Å². The summed E-state index contributed by atoms with van der Waals surface area (Å²) in [5.41, 5.74) is 4.09. The Kier molecular flexibility index (Phi) is 6.86. The zero-order valence-electron chi connectivity index (χ0n) is 22.0. The molecule has 0 spiro atoms. The molecule has 0 unspecified atom stereocenters. The van der Waals surface area contributed by atoms with Crippen molar-refractivity contribution in [1.29, 1.82) is 0 Å². The molecule has 2 aromatic carbocycles. The normalized spacial score (nSPS) is 17.3. The van der Waals surface area contributed by atoms with Crippen LogP contribution in [0.15, 0.2) is 48.5 Å². The minimum atomic E-state index is -0.446. The number of aromatic nitrogens is 2. The molecule has 0 amide bonds. The number of anilines is 1. The highest BCUT2D eigenvalue weighted by Crippen LogP contribution is 2.39. The summed E-state index contributed by atoms with van der Waals surface area (Å²) in [4.78, 5) is 27.1. The number of hydrogen-bond donors (Lipinski definition) is 0. The molecule has 10 heteroatoms. The van der Waals surface area contributed by atoms with Gasteiger partial charge >= 0.3 is 0 Å². The van der Waals surface area contributed by atoms with E-state index in [1.54, 1.807) is 18.2 Å². The molecule has 202 valence electrons. The fraction of sp³-hybridized carbons (Fsp3) is 0.379. The zero-order valence-corrected chi connectivity index (χ0v) is 22.0. The Morgan fingerprint density at radius 3 is 2.54 bits per heavy atom. The predicted molar refractivity (Wildman–Crippen MR) is 147 cm³/mol. The summed E-state index contributed by atoms with van der Waals surface area (Å²) < 4.78 is 21.4. The van der Waals surface area contributed by atoms with Crippen LogP contribution in [0.25, 0.3) is 5.70 Å². The number of hydrogen-bond acceptors (Lipinski definition) is 8. The molecule has 3 aromatic rings. The quantitative estimate of drug-likeness (QED) is 0.322. The third kappa shape index (κ3) is 5.29. The molecule has 3 heterocycles. The van der Waals surface area contributed by atoms with Gasteiger partial charge in [0, 0.05) is 63.9 Å². The van der Waals surface area contributed by atoms with Crippen molar-refractivity contribution in [3.8, 4) is 11.6 Å². The molecule has 0 bridgehead atoms. The third-order valence-corrected chi connectivity index (χ3v) is 7.65. The summed E-state index contributed by atoms with van der Waals surface area (Å²) in [6, 6.07) is 11.4. The fourth-order valence-electron chi connectivity index (χ4n) is 5.55. The average Bonchev–Trinajstić information content (AvgIpc) is 3.60. The van der Waals surface area contributed by atoms with Crippen molar-refractivity contribution < 1.29 is 14.1 Å². The van der Waals surface area contributed by atoms with Crippen molar-refractivity contribution in [3.63, 3.8) is 0 Å². The molecule has 9 nitrogen and oxygen atoms in total. The number of nitro benzene ring substituents is 1. The molecule has 0 radical (unpaired) electrons. The smallest absolute Gasteiger partial charge is 0.273 e. The maximum absolute atomic E-state index is 15.2.